The molecule has 17 heavy (non-hydrogen) atoms. The van der Waals surface area contributed by atoms with E-state index in [1.807, 2.05) is 0 Å². The molecule has 1 atom stereocenters. The van der Waals surface area contributed by atoms with E-state index in [0.717, 1.165) is 31.5 Å². The summed E-state index contributed by atoms with van der Waals surface area (Å²) in [5.74, 6) is 0.371. The number of hydrogen-bond donors (Lipinski definition) is 1. The largest absolute Gasteiger partial charge is 0.396 e. The van der Waals surface area contributed by atoms with Crippen LogP contribution in [0.25, 0.3) is 0 Å². The Morgan fingerprint density at radius 3 is 3.00 bits per heavy atom. The van der Waals surface area contributed by atoms with Gasteiger partial charge < -0.3 is 5.11 Å². The lowest BCUT2D eigenvalue weighted by Gasteiger charge is -2.31. The number of rotatable bonds is 3. The van der Waals surface area contributed by atoms with Crippen LogP contribution in [0.5, 0.6) is 0 Å². The highest BCUT2D eigenvalue weighted by Gasteiger charge is 2.20. The van der Waals surface area contributed by atoms with Crippen LogP contribution in [0.3, 0.4) is 0 Å². The van der Waals surface area contributed by atoms with Crippen molar-refractivity contribution in [3.8, 4) is 0 Å². The lowest BCUT2D eigenvalue weighted by Crippen LogP contribution is -2.36. The van der Waals surface area contributed by atoms with Crippen LogP contribution in [0.4, 0.5) is 0 Å². The second-order valence-corrected chi connectivity index (χ2v) is 5.08. The molecule has 0 aliphatic carbocycles. The van der Waals surface area contributed by atoms with Gasteiger partial charge in [0.2, 0.25) is 5.28 Å². The van der Waals surface area contributed by atoms with E-state index in [2.05, 4.69) is 14.9 Å². The number of aliphatic hydroxyl groups excluding tert-OH is 1. The molecule has 0 bridgehead atoms. The number of piperidine rings is 1. The van der Waals surface area contributed by atoms with Crippen molar-refractivity contribution in [2.45, 2.75) is 19.4 Å². The van der Waals surface area contributed by atoms with Crippen LogP contribution in [0.1, 0.15) is 18.4 Å². The number of halogens is 2. The van der Waals surface area contributed by atoms with E-state index in [4.69, 9.17) is 23.2 Å². The first kappa shape index (κ1) is 13.0. The standard InChI is InChI=1S/C11H15Cl2N3O/c12-10-9(4-14-11(13)15-10)6-16-3-1-2-8(5-16)7-17/h4,8,17H,1-3,5-7H2. The molecule has 94 valence electrons. The molecule has 1 aliphatic heterocycles. The topological polar surface area (TPSA) is 49.2 Å². The zero-order valence-corrected chi connectivity index (χ0v) is 11.0. The van der Waals surface area contributed by atoms with E-state index in [1.165, 1.54) is 0 Å². The van der Waals surface area contributed by atoms with E-state index >= 15 is 0 Å². The summed E-state index contributed by atoms with van der Waals surface area (Å²) in [7, 11) is 0. The van der Waals surface area contributed by atoms with Crippen LogP contribution in [0.2, 0.25) is 10.4 Å². The molecule has 1 aliphatic rings. The summed E-state index contributed by atoms with van der Waals surface area (Å²) in [4.78, 5) is 10.1. The van der Waals surface area contributed by atoms with E-state index in [1.54, 1.807) is 6.20 Å². The summed E-state index contributed by atoms with van der Waals surface area (Å²) in [5, 5.41) is 9.76. The Labute approximate surface area is 111 Å². The van der Waals surface area contributed by atoms with Crippen molar-refractivity contribution in [2.75, 3.05) is 19.7 Å². The third kappa shape index (κ3) is 3.52. The second kappa shape index (κ2) is 5.96. The van der Waals surface area contributed by atoms with Gasteiger partial charge >= 0.3 is 0 Å². The molecule has 0 amide bonds. The first-order chi connectivity index (χ1) is 8.19. The number of hydrogen-bond acceptors (Lipinski definition) is 4. The molecule has 2 rings (SSSR count). The zero-order valence-electron chi connectivity index (χ0n) is 9.44. The zero-order chi connectivity index (χ0) is 12.3. The fourth-order valence-corrected chi connectivity index (χ4v) is 2.52. The smallest absolute Gasteiger partial charge is 0.223 e. The minimum atomic E-state index is 0.172. The Kier molecular flexibility index (Phi) is 4.56. The summed E-state index contributed by atoms with van der Waals surface area (Å²) in [5.41, 5.74) is 0.884. The van der Waals surface area contributed by atoms with Crippen molar-refractivity contribution < 1.29 is 5.11 Å². The predicted octanol–water partition coefficient (Wildman–Crippen LogP) is 1.99. The maximum Gasteiger partial charge on any atom is 0.223 e. The first-order valence-electron chi connectivity index (χ1n) is 5.69. The molecule has 1 unspecified atom stereocenters. The van der Waals surface area contributed by atoms with Crippen LogP contribution in [0, 0.1) is 5.92 Å². The molecule has 1 aromatic rings. The summed E-state index contributed by atoms with van der Waals surface area (Å²) in [6, 6.07) is 0. The lowest BCUT2D eigenvalue weighted by atomic mass is 9.99. The Balaban J connectivity index is 2.00. The molecule has 0 aromatic carbocycles. The fraction of sp³-hybridized carbons (Fsp3) is 0.636. The summed E-state index contributed by atoms with van der Waals surface area (Å²) >= 11 is 11.7. The maximum atomic E-state index is 9.17. The SMILES string of the molecule is OCC1CCCN(Cc2cnc(Cl)nc2Cl)C1. The Bertz CT molecular complexity index is 389. The van der Waals surface area contributed by atoms with Crippen LogP contribution >= 0.6 is 23.2 Å². The van der Waals surface area contributed by atoms with Gasteiger partial charge in [-0.3, -0.25) is 4.90 Å². The quantitative estimate of drug-likeness (QED) is 0.677. The Morgan fingerprint density at radius 2 is 2.29 bits per heavy atom. The molecule has 6 heteroatoms. The minimum Gasteiger partial charge on any atom is -0.396 e. The highest BCUT2D eigenvalue weighted by atomic mass is 35.5. The predicted molar refractivity (Wildman–Crippen MR) is 67.1 cm³/mol. The van der Waals surface area contributed by atoms with E-state index in [-0.39, 0.29) is 11.9 Å². The molecular formula is C11H15Cl2N3O. The van der Waals surface area contributed by atoms with Gasteiger partial charge in [-0.15, -0.1) is 0 Å². The van der Waals surface area contributed by atoms with Gasteiger partial charge in [0.1, 0.15) is 5.15 Å². The highest BCUT2D eigenvalue weighted by Crippen LogP contribution is 2.21. The maximum absolute atomic E-state index is 9.17. The van der Waals surface area contributed by atoms with Crippen molar-refractivity contribution in [2.24, 2.45) is 5.92 Å². The molecule has 0 spiro atoms. The van der Waals surface area contributed by atoms with Crippen molar-refractivity contribution in [1.82, 2.24) is 14.9 Å². The van der Waals surface area contributed by atoms with Crippen molar-refractivity contribution in [1.29, 1.82) is 0 Å². The average molecular weight is 276 g/mol. The van der Waals surface area contributed by atoms with Crippen LogP contribution in [0.15, 0.2) is 6.20 Å². The molecule has 2 heterocycles. The molecule has 1 N–H and O–H groups in total. The van der Waals surface area contributed by atoms with E-state index in [0.29, 0.717) is 17.6 Å². The van der Waals surface area contributed by atoms with Gasteiger partial charge in [-0.1, -0.05) is 11.6 Å². The third-order valence-electron chi connectivity index (χ3n) is 3.04. The molecular weight excluding hydrogens is 261 g/mol. The van der Waals surface area contributed by atoms with Crippen molar-refractivity contribution in [3.63, 3.8) is 0 Å². The fourth-order valence-electron chi connectivity index (χ4n) is 2.16. The number of nitrogens with zero attached hydrogens (tertiary/aromatic N) is 3. The number of aliphatic hydroxyl groups is 1. The van der Waals surface area contributed by atoms with Gasteiger partial charge in [0.05, 0.1) is 0 Å². The van der Waals surface area contributed by atoms with Crippen LogP contribution in [-0.4, -0.2) is 39.7 Å². The monoisotopic (exact) mass is 275 g/mol. The van der Waals surface area contributed by atoms with Crippen LogP contribution in [-0.2, 0) is 6.54 Å². The second-order valence-electron chi connectivity index (χ2n) is 4.38. The van der Waals surface area contributed by atoms with Crippen molar-refractivity contribution >= 4 is 23.2 Å². The van der Waals surface area contributed by atoms with Crippen LogP contribution < -0.4 is 0 Å². The lowest BCUT2D eigenvalue weighted by molar-refractivity contribution is 0.116. The van der Waals surface area contributed by atoms with Gasteiger partial charge in [-0.2, -0.15) is 0 Å². The third-order valence-corrected chi connectivity index (χ3v) is 3.55. The molecule has 1 fully saturated rings. The summed E-state index contributed by atoms with van der Waals surface area (Å²) < 4.78 is 0. The van der Waals surface area contributed by atoms with Crippen molar-refractivity contribution in [3.05, 3.63) is 22.2 Å². The Morgan fingerprint density at radius 1 is 1.47 bits per heavy atom. The van der Waals surface area contributed by atoms with Gasteiger partial charge in [-0.05, 0) is 36.9 Å². The van der Waals surface area contributed by atoms with E-state index in [9.17, 15) is 5.11 Å². The van der Waals surface area contributed by atoms with Gasteiger partial charge in [0.25, 0.3) is 0 Å². The summed E-state index contributed by atoms with van der Waals surface area (Å²) in [6.07, 6.45) is 3.87. The highest BCUT2D eigenvalue weighted by molar-refractivity contribution is 6.32. The number of likely N-dealkylation sites (tertiary alicyclic amines) is 1. The molecule has 1 aromatic heterocycles. The average Bonchev–Trinajstić information content (AvgIpc) is 2.33. The number of aromatic nitrogens is 2. The Hall–Kier alpha value is -0.420. The first-order valence-corrected chi connectivity index (χ1v) is 6.44. The molecule has 0 saturated carbocycles. The minimum absolute atomic E-state index is 0.172. The normalized spacial score (nSPS) is 21.7. The molecule has 4 nitrogen and oxygen atoms in total. The summed E-state index contributed by atoms with van der Waals surface area (Å²) in [6.45, 7) is 2.89. The van der Waals surface area contributed by atoms with Gasteiger partial charge in [0, 0.05) is 31.5 Å². The van der Waals surface area contributed by atoms with Gasteiger partial charge in [0.15, 0.2) is 0 Å². The van der Waals surface area contributed by atoms with Gasteiger partial charge in [-0.25, -0.2) is 9.97 Å². The molecule has 1 saturated heterocycles. The van der Waals surface area contributed by atoms with E-state index < -0.39 is 0 Å². The molecule has 0 radical (unpaired) electrons.